The molecular formula is C57H104O18S3. The topological polar surface area (TPSA) is 270 Å². The minimum atomic E-state index is -4.52. The van der Waals surface area contributed by atoms with Crippen molar-refractivity contribution in [2.75, 3.05) is 13.2 Å². The normalized spacial score (nSPS) is 14.1. The molecule has 0 bridgehead atoms. The second-order valence-electron chi connectivity index (χ2n) is 20.5. The summed E-state index contributed by atoms with van der Waals surface area (Å²) in [6, 6.07) is 0. The molecule has 0 aromatic heterocycles. The predicted molar refractivity (Wildman–Crippen MR) is 306 cm³/mol. The average molecular weight is 1170 g/mol. The van der Waals surface area contributed by atoms with Gasteiger partial charge in [0.05, 0.1) is 18.3 Å². The van der Waals surface area contributed by atoms with Crippen LogP contribution in [0.4, 0.5) is 0 Å². The lowest BCUT2D eigenvalue weighted by molar-refractivity contribution is -0.167. The largest absolute Gasteiger partial charge is 0.462 e. The summed E-state index contributed by atoms with van der Waals surface area (Å²) in [5, 5.41) is 0. The van der Waals surface area contributed by atoms with Gasteiger partial charge >= 0.3 is 49.1 Å². The molecule has 0 fully saturated rings. The quantitative estimate of drug-likeness (QED) is 0.0168. The SMILES string of the molecule is CCCCCCC(C/C=C/CCCCCCCC(=O)OCC(COC(=O)CCCCCCC/C=C/CC(CCCCCC)OS(=O)(=O)O)OC(=O)CCCCCCC/C=C/CC(CCCCCC)OS(=O)(=O)O)OS(=O)(=O)O. The van der Waals surface area contributed by atoms with Crippen LogP contribution in [0.3, 0.4) is 0 Å². The Balaban J connectivity index is 4.89. The summed E-state index contributed by atoms with van der Waals surface area (Å²) in [7, 11) is -13.6. The van der Waals surface area contributed by atoms with Gasteiger partial charge in [-0.3, -0.25) is 28.0 Å². The van der Waals surface area contributed by atoms with Gasteiger partial charge in [-0.15, -0.1) is 0 Å². The van der Waals surface area contributed by atoms with Crippen molar-refractivity contribution in [2.45, 2.75) is 296 Å². The van der Waals surface area contributed by atoms with Crippen LogP contribution in [-0.4, -0.2) is 94.4 Å². The van der Waals surface area contributed by atoms with E-state index in [1.165, 1.54) is 0 Å². The van der Waals surface area contributed by atoms with Crippen LogP contribution in [0.2, 0.25) is 0 Å². The Morgan fingerprint density at radius 2 is 0.615 bits per heavy atom. The van der Waals surface area contributed by atoms with E-state index in [1.807, 2.05) is 36.5 Å². The number of carbonyl (C=O) groups is 3. The van der Waals surface area contributed by atoms with E-state index in [9.17, 15) is 39.6 Å². The van der Waals surface area contributed by atoms with Gasteiger partial charge in [0.25, 0.3) is 0 Å². The molecule has 0 aliphatic rings. The highest BCUT2D eigenvalue weighted by atomic mass is 32.3. The van der Waals surface area contributed by atoms with Gasteiger partial charge in [0.2, 0.25) is 0 Å². The van der Waals surface area contributed by atoms with Crippen molar-refractivity contribution in [1.82, 2.24) is 0 Å². The second-order valence-corrected chi connectivity index (χ2v) is 23.6. The van der Waals surface area contributed by atoms with Crippen LogP contribution in [-0.2, 0) is 72.3 Å². The fourth-order valence-electron chi connectivity index (χ4n) is 8.69. The summed E-state index contributed by atoms with van der Waals surface area (Å²) in [5.74, 6) is -1.35. The van der Waals surface area contributed by atoms with Gasteiger partial charge in [-0.25, -0.2) is 12.5 Å². The monoisotopic (exact) mass is 1170 g/mol. The van der Waals surface area contributed by atoms with Gasteiger partial charge in [0.15, 0.2) is 6.10 Å². The van der Waals surface area contributed by atoms with Crippen LogP contribution in [0.25, 0.3) is 0 Å². The van der Waals surface area contributed by atoms with Gasteiger partial charge in [0.1, 0.15) is 13.2 Å². The van der Waals surface area contributed by atoms with E-state index in [1.54, 1.807) is 0 Å². The number of allylic oxidation sites excluding steroid dienone is 3. The van der Waals surface area contributed by atoms with Crippen molar-refractivity contribution in [1.29, 1.82) is 0 Å². The molecule has 0 heterocycles. The highest BCUT2D eigenvalue weighted by Crippen LogP contribution is 2.19. The predicted octanol–water partition coefficient (Wildman–Crippen LogP) is 14.5. The fourth-order valence-corrected chi connectivity index (χ4v) is 10.2. The Kier molecular flexibility index (Phi) is 48.2. The highest BCUT2D eigenvalue weighted by molar-refractivity contribution is 7.81. The Labute approximate surface area is 472 Å². The van der Waals surface area contributed by atoms with E-state index in [0.717, 1.165) is 173 Å². The molecule has 0 radical (unpaired) electrons. The molecule has 3 unspecified atom stereocenters. The zero-order valence-corrected chi connectivity index (χ0v) is 50.4. The molecule has 0 spiro atoms. The first-order chi connectivity index (χ1) is 37.3. The smallest absolute Gasteiger partial charge is 0.397 e. The maximum Gasteiger partial charge on any atom is 0.397 e. The molecule has 21 heteroatoms. The van der Waals surface area contributed by atoms with Crippen molar-refractivity contribution in [3.8, 4) is 0 Å². The molecule has 458 valence electrons. The van der Waals surface area contributed by atoms with Crippen molar-refractivity contribution >= 4 is 49.1 Å². The molecule has 18 nitrogen and oxygen atoms in total. The van der Waals surface area contributed by atoms with E-state index >= 15 is 0 Å². The van der Waals surface area contributed by atoms with Gasteiger partial charge < -0.3 is 14.2 Å². The third-order valence-corrected chi connectivity index (χ3v) is 14.6. The van der Waals surface area contributed by atoms with Crippen molar-refractivity contribution in [3.63, 3.8) is 0 Å². The molecule has 3 N–H and O–H groups in total. The molecule has 78 heavy (non-hydrogen) atoms. The fraction of sp³-hybridized carbons (Fsp3) is 0.842. The Bertz CT molecular complexity index is 1830. The Morgan fingerprint density at radius 3 is 0.910 bits per heavy atom. The lowest BCUT2D eigenvalue weighted by Gasteiger charge is -2.18. The number of hydrogen-bond donors (Lipinski definition) is 3. The average Bonchev–Trinajstić information content (AvgIpc) is 3.36. The van der Waals surface area contributed by atoms with Crippen molar-refractivity contribution in [2.24, 2.45) is 0 Å². The zero-order valence-electron chi connectivity index (χ0n) is 48.0. The first-order valence-corrected chi connectivity index (χ1v) is 33.8. The van der Waals surface area contributed by atoms with Gasteiger partial charge in [-0.05, 0) is 96.3 Å². The van der Waals surface area contributed by atoms with Crippen LogP contribution in [0, 0.1) is 0 Å². The summed E-state index contributed by atoms with van der Waals surface area (Å²) in [4.78, 5) is 38.4. The van der Waals surface area contributed by atoms with Gasteiger partial charge in [-0.1, -0.05) is 192 Å². The summed E-state index contributed by atoms with van der Waals surface area (Å²) >= 11 is 0. The molecule has 0 aromatic carbocycles. The molecule has 0 saturated heterocycles. The highest BCUT2D eigenvalue weighted by Gasteiger charge is 2.21. The number of hydrogen-bond acceptors (Lipinski definition) is 15. The lowest BCUT2D eigenvalue weighted by atomic mass is 10.1. The Morgan fingerprint density at radius 1 is 0.346 bits per heavy atom. The standard InChI is InChI=1S/C57H104O18S3/c1-4-7-10-31-40-51(73-76(61,62)63)43-34-25-19-13-16-22-28-37-46-55(58)70-49-54(72-57(60)48-39-30-24-18-15-21-27-36-45-53(75-78(67,68)69)42-33-12-9-6-3)50-71-56(59)47-38-29-23-17-14-20-26-35-44-52(74-77(64,65)66)41-32-11-8-5-2/h25-27,34-36,51-54H,4-24,28-33,37-50H2,1-3H3,(H,61,62,63)(H,64,65,66)(H,67,68,69)/b34-25+,35-26+,36-27+. The van der Waals surface area contributed by atoms with Crippen molar-refractivity contribution in [3.05, 3.63) is 36.5 Å². The number of esters is 3. The summed E-state index contributed by atoms with van der Waals surface area (Å²) in [5.41, 5.74) is 0. The van der Waals surface area contributed by atoms with E-state index in [4.69, 9.17) is 40.4 Å². The minimum absolute atomic E-state index is 0.154. The summed E-state index contributed by atoms with van der Waals surface area (Å²) in [6.07, 6.45) is 39.1. The number of rotatable bonds is 56. The van der Waals surface area contributed by atoms with E-state index in [-0.39, 0.29) is 32.5 Å². The maximum absolute atomic E-state index is 12.9. The summed E-state index contributed by atoms with van der Waals surface area (Å²) < 4.78 is 126. The molecule has 0 aromatic rings. The third-order valence-electron chi connectivity index (χ3n) is 13.0. The van der Waals surface area contributed by atoms with Crippen LogP contribution in [0.5, 0.6) is 0 Å². The van der Waals surface area contributed by atoms with E-state index < -0.39 is 73.5 Å². The van der Waals surface area contributed by atoms with Crippen molar-refractivity contribution < 1.29 is 80.1 Å². The van der Waals surface area contributed by atoms with Crippen LogP contribution in [0.1, 0.15) is 271 Å². The first kappa shape index (κ1) is 75.2. The lowest BCUT2D eigenvalue weighted by Crippen LogP contribution is -2.30. The zero-order chi connectivity index (χ0) is 58.0. The minimum Gasteiger partial charge on any atom is -0.462 e. The number of ether oxygens (including phenoxy) is 3. The maximum atomic E-state index is 12.9. The van der Waals surface area contributed by atoms with Gasteiger partial charge in [0, 0.05) is 19.3 Å². The summed E-state index contributed by atoms with van der Waals surface area (Å²) in [6.45, 7) is 5.81. The molecule has 0 saturated carbocycles. The Hall–Kier alpha value is -2.76. The molecule has 3 atom stereocenters. The van der Waals surface area contributed by atoms with E-state index in [2.05, 4.69) is 20.8 Å². The number of carbonyl (C=O) groups excluding carboxylic acids is 3. The number of unbranched alkanes of at least 4 members (excludes halogenated alkanes) is 24. The molecular weight excluding hydrogens is 1070 g/mol. The van der Waals surface area contributed by atoms with Crippen LogP contribution >= 0.6 is 0 Å². The first-order valence-electron chi connectivity index (χ1n) is 29.7. The molecule has 0 rings (SSSR count). The van der Waals surface area contributed by atoms with Crippen LogP contribution in [0.15, 0.2) is 36.5 Å². The van der Waals surface area contributed by atoms with Gasteiger partial charge in [-0.2, -0.15) is 25.3 Å². The third kappa shape index (κ3) is 55.2. The van der Waals surface area contributed by atoms with Crippen LogP contribution < -0.4 is 0 Å². The molecule has 0 amide bonds. The second kappa shape index (κ2) is 50.0. The molecule has 0 aliphatic carbocycles. The van der Waals surface area contributed by atoms with E-state index in [0.29, 0.717) is 57.8 Å². The molecule has 0 aliphatic heterocycles.